The zero-order valence-corrected chi connectivity index (χ0v) is 12.3. The Labute approximate surface area is 123 Å². The Morgan fingerprint density at radius 1 is 1.38 bits per heavy atom. The van der Waals surface area contributed by atoms with Crippen molar-refractivity contribution < 1.29 is 14.8 Å². The number of hydrogen-bond acceptors (Lipinski definition) is 5. The van der Waals surface area contributed by atoms with Gasteiger partial charge in [-0.25, -0.2) is 0 Å². The van der Waals surface area contributed by atoms with Crippen molar-refractivity contribution in [1.82, 2.24) is 10.2 Å². The maximum absolute atomic E-state index is 12.0. The molecule has 0 fully saturated rings. The van der Waals surface area contributed by atoms with Crippen LogP contribution in [0.1, 0.15) is 30.6 Å². The minimum Gasteiger partial charge on any atom is -0.502 e. The number of para-hydroxylation sites is 1. The second-order valence-corrected chi connectivity index (χ2v) is 4.62. The summed E-state index contributed by atoms with van der Waals surface area (Å²) in [4.78, 5) is 24.1. The number of phenolic OH excluding ortho intramolecular Hbond substituents is 1. The molecule has 0 aromatic heterocycles. The molecule has 0 unspecified atom stereocenters. The van der Waals surface area contributed by atoms with E-state index < -0.39 is 22.3 Å². The lowest BCUT2D eigenvalue weighted by molar-refractivity contribution is -0.385. The van der Waals surface area contributed by atoms with Crippen molar-refractivity contribution >= 4 is 11.6 Å². The summed E-state index contributed by atoms with van der Waals surface area (Å²) in [5.41, 5.74) is -0.549. The van der Waals surface area contributed by atoms with Gasteiger partial charge in [0.05, 0.1) is 10.5 Å². The summed E-state index contributed by atoms with van der Waals surface area (Å²) in [6.45, 7) is 7.10. The fourth-order valence-electron chi connectivity index (χ4n) is 2.03. The minimum absolute atomic E-state index is 0.0808. The molecule has 7 nitrogen and oxygen atoms in total. The normalized spacial score (nSPS) is 10.6. The molecule has 0 radical (unpaired) electrons. The van der Waals surface area contributed by atoms with Crippen LogP contribution in [0, 0.1) is 10.1 Å². The van der Waals surface area contributed by atoms with Gasteiger partial charge in [-0.15, -0.1) is 0 Å². The van der Waals surface area contributed by atoms with Crippen LogP contribution in [0.5, 0.6) is 5.75 Å². The first-order valence-electron chi connectivity index (χ1n) is 6.98. The van der Waals surface area contributed by atoms with Crippen LogP contribution in [0.4, 0.5) is 5.69 Å². The fraction of sp³-hybridized carbons (Fsp3) is 0.500. The fourth-order valence-corrected chi connectivity index (χ4v) is 2.03. The van der Waals surface area contributed by atoms with E-state index in [9.17, 15) is 20.0 Å². The Morgan fingerprint density at radius 2 is 2.10 bits per heavy atom. The first kappa shape index (κ1) is 16.9. The number of nitrogens with one attached hydrogen (secondary N) is 1. The molecule has 0 aliphatic heterocycles. The van der Waals surface area contributed by atoms with Gasteiger partial charge in [-0.2, -0.15) is 0 Å². The zero-order chi connectivity index (χ0) is 15.8. The number of likely N-dealkylation sites (N-methyl/N-ethyl adjacent to an activating group) is 1. The predicted molar refractivity (Wildman–Crippen MR) is 79.5 cm³/mol. The van der Waals surface area contributed by atoms with E-state index in [-0.39, 0.29) is 5.56 Å². The van der Waals surface area contributed by atoms with E-state index in [0.29, 0.717) is 13.1 Å². The summed E-state index contributed by atoms with van der Waals surface area (Å²) in [7, 11) is 0. The van der Waals surface area contributed by atoms with Gasteiger partial charge in [-0.3, -0.25) is 14.9 Å². The third-order valence-electron chi connectivity index (χ3n) is 3.16. The maximum Gasteiger partial charge on any atom is 0.311 e. The third kappa shape index (κ3) is 4.71. The third-order valence-corrected chi connectivity index (χ3v) is 3.16. The number of benzene rings is 1. The van der Waals surface area contributed by atoms with Gasteiger partial charge in [-0.05, 0) is 25.6 Å². The summed E-state index contributed by atoms with van der Waals surface area (Å²) in [5, 5.41) is 23.1. The number of nitrogens with zero attached hydrogens (tertiary/aromatic N) is 2. The first-order chi connectivity index (χ1) is 10.0. The van der Waals surface area contributed by atoms with Crippen LogP contribution in [0.15, 0.2) is 18.2 Å². The highest BCUT2D eigenvalue weighted by molar-refractivity contribution is 5.98. The van der Waals surface area contributed by atoms with Crippen LogP contribution in [-0.4, -0.2) is 47.0 Å². The van der Waals surface area contributed by atoms with Crippen LogP contribution < -0.4 is 5.32 Å². The second kappa shape index (κ2) is 8.21. The highest BCUT2D eigenvalue weighted by Crippen LogP contribution is 2.28. The molecule has 0 bridgehead atoms. The molecular weight excluding hydrogens is 274 g/mol. The van der Waals surface area contributed by atoms with Gasteiger partial charge in [0.15, 0.2) is 0 Å². The Balaban J connectivity index is 2.64. The molecule has 1 aromatic carbocycles. The molecular formula is C14H21N3O4. The molecule has 1 amide bonds. The van der Waals surface area contributed by atoms with Gasteiger partial charge >= 0.3 is 5.69 Å². The molecule has 0 atom stereocenters. The lowest BCUT2D eigenvalue weighted by Gasteiger charge is -2.19. The Hall–Kier alpha value is -2.15. The number of rotatable bonds is 8. The van der Waals surface area contributed by atoms with Gasteiger partial charge in [0, 0.05) is 19.2 Å². The number of phenols is 1. The van der Waals surface area contributed by atoms with E-state index >= 15 is 0 Å². The number of amides is 1. The van der Waals surface area contributed by atoms with Crippen molar-refractivity contribution in [2.24, 2.45) is 0 Å². The van der Waals surface area contributed by atoms with Gasteiger partial charge in [0.1, 0.15) is 0 Å². The number of aromatic hydroxyl groups is 1. The molecule has 0 saturated heterocycles. The van der Waals surface area contributed by atoms with E-state index in [1.54, 1.807) is 0 Å². The van der Waals surface area contributed by atoms with E-state index in [2.05, 4.69) is 17.1 Å². The van der Waals surface area contributed by atoms with Crippen LogP contribution in [-0.2, 0) is 0 Å². The van der Waals surface area contributed by atoms with Crippen molar-refractivity contribution in [3.8, 4) is 5.75 Å². The molecule has 1 rings (SSSR count). The molecule has 7 heteroatoms. The molecule has 116 valence electrons. The molecule has 0 aliphatic carbocycles. The monoisotopic (exact) mass is 295 g/mol. The maximum atomic E-state index is 12.0. The molecule has 0 spiro atoms. The Morgan fingerprint density at radius 3 is 2.67 bits per heavy atom. The van der Waals surface area contributed by atoms with Gasteiger partial charge in [0.25, 0.3) is 5.91 Å². The summed E-state index contributed by atoms with van der Waals surface area (Å²) in [6.07, 6.45) is 1.04. The summed E-state index contributed by atoms with van der Waals surface area (Å²) < 4.78 is 0. The first-order valence-corrected chi connectivity index (χ1v) is 6.98. The average Bonchev–Trinajstić information content (AvgIpc) is 2.46. The van der Waals surface area contributed by atoms with E-state index in [1.165, 1.54) is 12.1 Å². The quantitative estimate of drug-likeness (QED) is 0.563. The molecule has 0 heterocycles. The summed E-state index contributed by atoms with van der Waals surface area (Å²) in [5.74, 6) is -1.11. The van der Waals surface area contributed by atoms with Crippen LogP contribution in [0.2, 0.25) is 0 Å². The summed E-state index contributed by atoms with van der Waals surface area (Å²) >= 11 is 0. The van der Waals surface area contributed by atoms with Crippen molar-refractivity contribution in [1.29, 1.82) is 0 Å². The lowest BCUT2D eigenvalue weighted by Crippen LogP contribution is -2.35. The Kier molecular flexibility index (Phi) is 6.61. The lowest BCUT2D eigenvalue weighted by atomic mass is 10.1. The highest BCUT2D eigenvalue weighted by atomic mass is 16.6. The van der Waals surface area contributed by atoms with Crippen molar-refractivity contribution in [2.75, 3.05) is 26.2 Å². The van der Waals surface area contributed by atoms with Gasteiger partial charge in [0.2, 0.25) is 5.75 Å². The average molecular weight is 295 g/mol. The van der Waals surface area contributed by atoms with Crippen molar-refractivity contribution in [2.45, 2.75) is 20.3 Å². The number of nitro benzene ring substituents is 1. The topological polar surface area (TPSA) is 95.7 Å². The van der Waals surface area contributed by atoms with Crippen LogP contribution in [0.3, 0.4) is 0 Å². The van der Waals surface area contributed by atoms with Gasteiger partial charge < -0.3 is 15.3 Å². The minimum atomic E-state index is -0.716. The SMILES string of the molecule is CCCN(CC)CCNC(=O)c1cccc([N+](=O)[O-])c1O. The predicted octanol–water partition coefficient (Wildman–Crippen LogP) is 1.76. The summed E-state index contributed by atoms with van der Waals surface area (Å²) in [6, 6.07) is 3.90. The highest BCUT2D eigenvalue weighted by Gasteiger charge is 2.20. The number of carbonyl (C=O) groups is 1. The standard InChI is InChI=1S/C14H21N3O4/c1-3-9-16(4-2)10-8-15-14(19)11-6-5-7-12(13(11)18)17(20)21/h5-7,18H,3-4,8-10H2,1-2H3,(H,15,19). The molecule has 0 aliphatic rings. The largest absolute Gasteiger partial charge is 0.502 e. The van der Waals surface area contributed by atoms with Crippen LogP contribution >= 0.6 is 0 Å². The van der Waals surface area contributed by atoms with Crippen LogP contribution in [0.25, 0.3) is 0 Å². The molecule has 2 N–H and O–H groups in total. The zero-order valence-electron chi connectivity index (χ0n) is 12.3. The molecule has 0 saturated carbocycles. The smallest absolute Gasteiger partial charge is 0.311 e. The second-order valence-electron chi connectivity index (χ2n) is 4.62. The number of nitro groups is 1. The number of hydrogen-bond donors (Lipinski definition) is 2. The molecule has 1 aromatic rings. The van der Waals surface area contributed by atoms with E-state index in [4.69, 9.17) is 0 Å². The van der Waals surface area contributed by atoms with Crippen molar-refractivity contribution in [3.63, 3.8) is 0 Å². The number of carbonyl (C=O) groups excluding carboxylic acids is 1. The van der Waals surface area contributed by atoms with Crippen molar-refractivity contribution in [3.05, 3.63) is 33.9 Å². The Bertz CT molecular complexity index is 505. The van der Waals surface area contributed by atoms with E-state index in [0.717, 1.165) is 25.6 Å². The molecule has 21 heavy (non-hydrogen) atoms. The van der Waals surface area contributed by atoms with E-state index in [1.807, 2.05) is 6.92 Å². The van der Waals surface area contributed by atoms with Gasteiger partial charge in [-0.1, -0.05) is 19.9 Å².